The van der Waals surface area contributed by atoms with Gasteiger partial charge < -0.3 is 20.1 Å². The third-order valence-corrected chi connectivity index (χ3v) is 6.37. The number of carbonyl (C=O) groups excluding carboxylic acids is 2. The summed E-state index contributed by atoms with van der Waals surface area (Å²) in [6.07, 6.45) is 6.17. The predicted molar refractivity (Wildman–Crippen MR) is 107 cm³/mol. The molecule has 9 heteroatoms. The molecule has 2 aliphatic rings. The molecule has 9 nitrogen and oxygen atoms in total. The van der Waals surface area contributed by atoms with Crippen LogP contribution in [0.5, 0.6) is 0 Å². The Labute approximate surface area is 170 Å². The van der Waals surface area contributed by atoms with E-state index in [0.717, 1.165) is 25.1 Å². The van der Waals surface area contributed by atoms with Gasteiger partial charge in [-0.1, -0.05) is 5.21 Å². The number of hydrogen-bond donors (Lipinski definition) is 2. The van der Waals surface area contributed by atoms with Crippen molar-refractivity contribution >= 4 is 11.8 Å². The summed E-state index contributed by atoms with van der Waals surface area (Å²) in [5.74, 6) is 0.0994. The summed E-state index contributed by atoms with van der Waals surface area (Å²) in [6.45, 7) is 5.13. The molecule has 2 saturated heterocycles. The molecule has 2 fully saturated rings. The van der Waals surface area contributed by atoms with Gasteiger partial charge in [0.2, 0.25) is 5.91 Å². The van der Waals surface area contributed by atoms with Gasteiger partial charge >= 0.3 is 0 Å². The predicted octanol–water partition coefficient (Wildman–Crippen LogP) is 0.658. The normalized spacial score (nSPS) is 24.9. The highest BCUT2D eigenvalue weighted by atomic mass is 16.2. The minimum atomic E-state index is -0.447. The van der Waals surface area contributed by atoms with Gasteiger partial charge in [-0.3, -0.25) is 14.3 Å². The van der Waals surface area contributed by atoms with Gasteiger partial charge in [-0.15, -0.1) is 5.10 Å². The lowest BCUT2D eigenvalue weighted by atomic mass is 9.67. The van der Waals surface area contributed by atoms with Crippen LogP contribution in [0.1, 0.15) is 35.4 Å². The van der Waals surface area contributed by atoms with E-state index in [1.165, 1.54) is 0 Å². The molecule has 0 aliphatic carbocycles. The van der Waals surface area contributed by atoms with Crippen LogP contribution in [0.15, 0.2) is 24.5 Å². The van der Waals surface area contributed by atoms with E-state index < -0.39 is 5.41 Å². The average Bonchev–Trinajstić information content (AvgIpc) is 3.39. The van der Waals surface area contributed by atoms with Crippen LogP contribution in [0.3, 0.4) is 0 Å². The molecule has 156 valence electrons. The molecule has 0 saturated carbocycles. The first kappa shape index (κ1) is 19.6. The molecule has 0 radical (unpaired) electrons. The average molecular weight is 399 g/mol. The Kier molecular flexibility index (Phi) is 5.40. The van der Waals surface area contributed by atoms with E-state index in [1.54, 1.807) is 16.9 Å². The summed E-state index contributed by atoms with van der Waals surface area (Å²) < 4.78 is 1.75. The standard InChI is InChI=1S/C20H29N7O2/c1-15-13-27(24-23-15)12-9-22-19(29)20-6-4-10-25(2)17(20)14-26(11-7-20)18(28)16-5-3-8-21-16/h3,5,8,13,17,21H,4,6-7,9-12,14H2,1-2H3,(H,22,29)/t17-,20+/m0/s1. The van der Waals surface area contributed by atoms with E-state index in [-0.39, 0.29) is 17.9 Å². The molecule has 0 unspecified atom stereocenters. The number of piperidine rings is 2. The second kappa shape index (κ2) is 7.98. The van der Waals surface area contributed by atoms with Gasteiger partial charge in [0, 0.05) is 38.1 Å². The number of nitrogens with zero attached hydrogens (tertiary/aromatic N) is 5. The molecular formula is C20H29N7O2. The number of rotatable bonds is 5. The zero-order chi connectivity index (χ0) is 20.4. The van der Waals surface area contributed by atoms with Gasteiger partial charge in [-0.2, -0.15) is 0 Å². The summed E-state index contributed by atoms with van der Waals surface area (Å²) in [6, 6.07) is 3.66. The van der Waals surface area contributed by atoms with Gasteiger partial charge in [-0.05, 0) is 51.9 Å². The van der Waals surface area contributed by atoms with Crippen LogP contribution in [0.25, 0.3) is 0 Å². The molecule has 0 bridgehead atoms. The monoisotopic (exact) mass is 399 g/mol. The largest absolute Gasteiger partial charge is 0.357 e. The maximum absolute atomic E-state index is 13.3. The third kappa shape index (κ3) is 3.78. The van der Waals surface area contributed by atoms with Gasteiger partial charge in [0.15, 0.2) is 0 Å². The van der Waals surface area contributed by atoms with Gasteiger partial charge in [-0.25, -0.2) is 0 Å². The molecule has 4 heterocycles. The molecule has 2 aromatic heterocycles. The highest BCUT2D eigenvalue weighted by molar-refractivity contribution is 5.93. The number of carbonyl (C=O) groups is 2. The highest BCUT2D eigenvalue weighted by Gasteiger charge is 2.52. The fourth-order valence-corrected chi connectivity index (χ4v) is 4.79. The van der Waals surface area contributed by atoms with Crippen LogP contribution in [-0.4, -0.2) is 80.9 Å². The molecule has 2 amide bonds. The number of aromatic amines is 1. The third-order valence-electron chi connectivity index (χ3n) is 6.37. The minimum absolute atomic E-state index is 0.00420. The Morgan fingerprint density at radius 3 is 2.93 bits per heavy atom. The van der Waals surface area contributed by atoms with Crippen molar-refractivity contribution in [3.05, 3.63) is 35.9 Å². The van der Waals surface area contributed by atoms with Crippen LogP contribution in [0, 0.1) is 12.3 Å². The Morgan fingerprint density at radius 2 is 2.21 bits per heavy atom. The van der Waals surface area contributed by atoms with E-state index in [1.807, 2.05) is 24.1 Å². The molecular weight excluding hydrogens is 370 g/mol. The Bertz CT molecular complexity index is 862. The number of likely N-dealkylation sites (tertiary alicyclic amines) is 2. The summed E-state index contributed by atoms with van der Waals surface area (Å²) in [5, 5.41) is 11.1. The summed E-state index contributed by atoms with van der Waals surface area (Å²) in [7, 11) is 2.06. The van der Waals surface area contributed by atoms with Crippen molar-refractivity contribution in [3.63, 3.8) is 0 Å². The first-order valence-corrected chi connectivity index (χ1v) is 10.3. The number of hydrogen-bond acceptors (Lipinski definition) is 5. The number of amides is 2. The lowest BCUT2D eigenvalue weighted by molar-refractivity contribution is -0.143. The zero-order valence-corrected chi connectivity index (χ0v) is 17.1. The van der Waals surface area contributed by atoms with Crippen molar-refractivity contribution in [1.82, 2.24) is 35.1 Å². The molecule has 2 atom stereocenters. The van der Waals surface area contributed by atoms with Crippen molar-refractivity contribution in [2.75, 3.05) is 33.2 Å². The first-order valence-electron chi connectivity index (χ1n) is 10.3. The van der Waals surface area contributed by atoms with Crippen LogP contribution >= 0.6 is 0 Å². The molecule has 4 rings (SSSR count). The zero-order valence-electron chi connectivity index (χ0n) is 17.1. The van der Waals surface area contributed by atoms with Crippen molar-refractivity contribution in [1.29, 1.82) is 0 Å². The van der Waals surface area contributed by atoms with Crippen LogP contribution < -0.4 is 5.32 Å². The molecule has 2 aliphatic heterocycles. The molecule has 29 heavy (non-hydrogen) atoms. The summed E-state index contributed by atoms with van der Waals surface area (Å²) in [4.78, 5) is 33.2. The Balaban J connectivity index is 1.44. The maximum atomic E-state index is 13.3. The topological polar surface area (TPSA) is 99.2 Å². The number of nitrogens with one attached hydrogen (secondary N) is 2. The smallest absolute Gasteiger partial charge is 0.270 e. The lowest BCUT2D eigenvalue weighted by Gasteiger charge is -2.53. The lowest BCUT2D eigenvalue weighted by Crippen LogP contribution is -2.65. The van der Waals surface area contributed by atoms with E-state index in [9.17, 15) is 9.59 Å². The van der Waals surface area contributed by atoms with Crippen molar-refractivity contribution in [2.24, 2.45) is 5.41 Å². The van der Waals surface area contributed by atoms with E-state index in [4.69, 9.17) is 0 Å². The number of fused-ring (bicyclic) bond motifs is 1. The molecule has 0 aromatic carbocycles. The molecule has 0 spiro atoms. The van der Waals surface area contributed by atoms with E-state index in [0.29, 0.717) is 38.3 Å². The van der Waals surface area contributed by atoms with Crippen molar-refractivity contribution in [2.45, 2.75) is 38.8 Å². The molecule has 2 N–H and O–H groups in total. The van der Waals surface area contributed by atoms with Crippen LogP contribution in [0.2, 0.25) is 0 Å². The number of likely N-dealkylation sites (N-methyl/N-ethyl adjacent to an activating group) is 1. The fraction of sp³-hybridized carbons (Fsp3) is 0.600. The van der Waals surface area contributed by atoms with Crippen molar-refractivity contribution < 1.29 is 9.59 Å². The maximum Gasteiger partial charge on any atom is 0.270 e. The summed E-state index contributed by atoms with van der Waals surface area (Å²) in [5.41, 5.74) is 1.02. The van der Waals surface area contributed by atoms with Gasteiger partial charge in [0.25, 0.3) is 5.91 Å². The number of H-pyrrole nitrogens is 1. The number of aryl methyl sites for hydroxylation is 1. The second-order valence-electron chi connectivity index (χ2n) is 8.22. The number of aromatic nitrogens is 4. The van der Waals surface area contributed by atoms with E-state index >= 15 is 0 Å². The van der Waals surface area contributed by atoms with Gasteiger partial charge in [0.05, 0.1) is 17.7 Å². The highest BCUT2D eigenvalue weighted by Crippen LogP contribution is 2.42. The van der Waals surface area contributed by atoms with Gasteiger partial charge in [0.1, 0.15) is 5.69 Å². The van der Waals surface area contributed by atoms with Crippen LogP contribution in [0.4, 0.5) is 0 Å². The molecule has 2 aromatic rings. The Hall–Kier alpha value is -2.68. The fourth-order valence-electron chi connectivity index (χ4n) is 4.79. The quantitative estimate of drug-likeness (QED) is 0.769. The van der Waals surface area contributed by atoms with Crippen LogP contribution in [-0.2, 0) is 11.3 Å². The van der Waals surface area contributed by atoms with E-state index in [2.05, 4.69) is 32.6 Å². The SMILES string of the molecule is Cc1cn(CCNC(=O)[C@@]23CCCN(C)[C@H]2CN(C(=O)c2ccc[nH]2)CC3)nn1. The first-order chi connectivity index (χ1) is 14.0. The van der Waals surface area contributed by atoms with Crippen molar-refractivity contribution in [3.8, 4) is 0 Å². The minimum Gasteiger partial charge on any atom is -0.357 e. The Morgan fingerprint density at radius 1 is 1.34 bits per heavy atom. The summed E-state index contributed by atoms with van der Waals surface area (Å²) >= 11 is 0. The second-order valence-corrected chi connectivity index (χ2v) is 8.22.